The Balaban J connectivity index is 2.26. The summed E-state index contributed by atoms with van der Waals surface area (Å²) in [6.45, 7) is 8.52. The lowest BCUT2D eigenvalue weighted by Crippen LogP contribution is -2.31. The molecular formula is C17H26N2O. The predicted molar refractivity (Wildman–Crippen MR) is 82.8 cm³/mol. The van der Waals surface area contributed by atoms with Crippen LogP contribution in [0, 0.1) is 17.2 Å². The van der Waals surface area contributed by atoms with Crippen LogP contribution in [0.3, 0.4) is 0 Å². The zero-order chi connectivity index (χ0) is 15.0. The van der Waals surface area contributed by atoms with E-state index in [2.05, 4.69) is 38.8 Å². The van der Waals surface area contributed by atoms with Crippen molar-refractivity contribution in [3.8, 4) is 11.8 Å². The summed E-state index contributed by atoms with van der Waals surface area (Å²) in [6.07, 6.45) is 2.22. The highest BCUT2D eigenvalue weighted by Crippen LogP contribution is 2.13. The van der Waals surface area contributed by atoms with E-state index in [0.717, 1.165) is 24.6 Å². The Hall–Kier alpha value is -1.53. The van der Waals surface area contributed by atoms with E-state index < -0.39 is 0 Å². The van der Waals surface area contributed by atoms with Gasteiger partial charge in [0.2, 0.25) is 0 Å². The topological polar surface area (TPSA) is 36.3 Å². The van der Waals surface area contributed by atoms with Gasteiger partial charge in [0, 0.05) is 12.6 Å². The van der Waals surface area contributed by atoms with Gasteiger partial charge in [0.1, 0.15) is 5.75 Å². The number of hydrogen-bond acceptors (Lipinski definition) is 3. The fourth-order valence-corrected chi connectivity index (χ4v) is 2.24. The molecule has 1 atom stereocenters. The number of nitrogens with zero attached hydrogens (tertiary/aromatic N) is 2. The van der Waals surface area contributed by atoms with E-state index in [0.29, 0.717) is 18.2 Å². The zero-order valence-electron chi connectivity index (χ0n) is 13.1. The molecule has 0 radical (unpaired) electrons. The lowest BCUT2D eigenvalue weighted by atomic mass is 10.0. The Kier molecular flexibility index (Phi) is 7.11. The summed E-state index contributed by atoms with van der Waals surface area (Å²) in [4.78, 5) is 2.38. The average molecular weight is 274 g/mol. The highest BCUT2D eigenvalue weighted by Gasteiger charge is 2.10. The molecule has 0 aliphatic carbocycles. The van der Waals surface area contributed by atoms with Crippen LogP contribution in [0.5, 0.6) is 5.75 Å². The Bertz CT molecular complexity index is 437. The van der Waals surface area contributed by atoms with Gasteiger partial charge in [-0.05, 0) is 50.9 Å². The van der Waals surface area contributed by atoms with Crippen molar-refractivity contribution in [2.45, 2.75) is 39.7 Å². The molecule has 0 aliphatic rings. The molecule has 0 amide bonds. The van der Waals surface area contributed by atoms with E-state index in [1.54, 1.807) is 12.1 Å². The van der Waals surface area contributed by atoms with Gasteiger partial charge in [0.05, 0.1) is 18.2 Å². The van der Waals surface area contributed by atoms with Crippen LogP contribution in [0.4, 0.5) is 0 Å². The first-order valence-electron chi connectivity index (χ1n) is 7.36. The smallest absolute Gasteiger partial charge is 0.120 e. The average Bonchev–Trinajstić information content (AvgIpc) is 2.42. The zero-order valence-corrected chi connectivity index (χ0v) is 13.1. The first-order chi connectivity index (χ1) is 9.52. The minimum atomic E-state index is 0.608. The Morgan fingerprint density at radius 2 is 2.05 bits per heavy atom. The maximum absolute atomic E-state index is 8.83. The molecule has 0 fully saturated rings. The van der Waals surface area contributed by atoms with Gasteiger partial charge in [-0.1, -0.05) is 19.9 Å². The van der Waals surface area contributed by atoms with Crippen molar-refractivity contribution in [3.05, 3.63) is 29.8 Å². The minimum absolute atomic E-state index is 0.608. The van der Waals surface area contributed by atoms with Crippen LogP contribution >= 0.6 is 0 Å². The van der Waals surface area contributed by atoms with Crippen LogP contribution in [-0.2, 0) is 0 Å². The molecule has 1 aromatic carbocycles. The highest BCUT2D eigenvalue weighted by molar-refractivity contribution is 5.36. The standard InChI is InChI=1S/C17H26N2O/c1-14(2)11-15(3)19(4)9-6-10-20-17-8-5-7-16(12-17)13-18/h5,7-8,12,14-15H,6,9-11H2,1-4H3. The molecule has 1 rings (SSSR count). The molecule has 3 nitrogen and oxygen atoms in total. The molecule has 3 heteroatoms. The summed E-state index contributed by atoms with van der Waals surface area (Å²) in [7, 11) is 2.17. The van der Waals surface area contributed by atoms with E-state index in [1.165, 1.54) is 6.42 Å². The van der Waals surface area contributed by atoms with Crippen LogP contribution in [0.1, 0.15) is 39.2 Å². The van der Waals surface area contributed by atoms with E-state index in [4.69, 9.17) is 10.00 Å². The van der Waals surface area contributed by atoms with Gasteiger partial charge in [-0.2, -0.15) is 5.26 Å². The van der Waals surface area contributed by atoms with E-state index in [1.807, 2.05) is 12.1 Å². The van der Waals surface area contributed by atoms with Crippen molar-refractivity contribution in [2.24, 2.45) is 5.92 Å². The fourth-order valence-electron chi connectivity index (χ4n) is 2.24. The third-order valence-electron chi connectivity index (χ3n) is 3.45. The number of nitriles is 1. The normalized spacial score (nSPS) is 12.4. The fraction of sp³-hybridized carbons (Fsp3) is 0.588. The monoisotopic (exact) mass is 274 g/mol. The summed E-state index contributed by atoms with van der Waals surface area (Å²) in [5, 5.41) is 8.83. The van der Waals surface area contributed by atoms with Gasteiger partial charge in [-0.15, -0.1) is 0 Å². The second-order valence-corrected chi connectivity index (χ2v) is 5.80. The molecule has 0 saturated heterocycles. The van der Waals surface area contributed by atoms with E-state index >= 15 is 0 Å². The summed E-state index contributed by atoms with van der Waals surface area (Å²) in [5.41, 5.74) is 0.644. The van der Waals surface area contributed by atoms with E-state index in [9.17, 15) is 0 Å². The number of ether oxygens (including phenoxy) is 1. The van der Waals surface area contributed by atoms with Gasteiger partial charge >= 0.3 is 0 Å². The van der Waals surface area contributed by atoms with Crippen molar-refractivity contribution in [2.75, 3.05) is 20.2 Å². The highest BCUT2D eigenvalue weighted by atomic mass is 16.5. The Morgan fingerprint density at radius 1 is 1.30 bits per heavy atom. The largest absolute Gasteiger partial charge is 0.494 e. The van der Waals surface area contributed by atoms with Crippen molar-refractivity contribution in [1.82, 2.24) is 4.90 Å². The number of benzene rings is 1. The van der Waals surface area contributed by atoms with Crippen molar-refractivity contribution < 1.29 is 4.74 Å². The maximum atomic E-state index is 8.83. The molecule has 1 unspecified atom stereocenters. The van der Waals surface area contributed by atoms with Crippen molar-refractivity contribution >= 4 is 0 Å². The van der Waals surface area contributed by atoms with Gasteiger partial charge < -0.3 is 9.64 Å². The Labute approximate surface area is 123 Å². The molecule has 0 heterocycles. The van der Waals surface area contributed by atoms with Crippen LogP contribution in [0.15, 0.2) is 24.3 Å². The molecule has 0 N–H and O–H groups in total. The molecule has 0 spiro atoms. The molecule has 20 heavy (non-hydrogen) atoms. The van der Waals surface area contributed by atoms with Crippen molar-refractivity contribution in [1.29, 1.82) is 5.26 Å². The lowest BCUT2D eigenvalue weighted by molar-refractivity contribution is 0.205. The van der Waals surface area contributed by atoms with Crippen LogP contribution in [-0.4, -0.2) is 31.1 Å². The minimum Gasteiger partial charge on any atom is -0.494 e. The number of rotatable bonds is 8. The molecule has 110 valence electrons. The van der Waals surface area contributed by atoms with E-state index in [-0.39, 0.29) is 0 Å². The predicted octanol–water partition coefficient (Wildman–Crippen LogP) is 3.69. The van der Waals surface area contributed by atoms with Gasteiger partial charge in [0.25, 0.3) is 0 Å². The third kappa shape index (κ3) is 6.08. The summed E-state index contributed by atoms with van der Waals surface area (Å²) in [6, 6.07) is 10.0. The second-order valence-electron chi connectivity index (χ2n) is 5.80. The van der Waals surface area contributed by atoms with Crippen LogP contribution < -0.4 is 4.74 Å². The van der Waals surface area contributed by atoms with Crippen LogP contribution in [0.2, 0.25) is 0 Å². The van der Waals surface area contributed by atoms with Gasteiger partial charge in [-0.25, -0.2) is 0 Å². The summed E-state index contributed by atoms with van der Waals surface area (Å²) in [5.74, 6) is 1.51. The van der Waals surface area contributed by atoms with Gasteiger partial charge in [0.15, 0.2) is 0 Å². The van der Waals surface area contributed by atoms with Crippen molar-refractivity contribution in [3.63, 3.8) is 0 Å². The van der Waals surface area contributed by atoms with Gasteiger partial charge in [-0.3, -0.25) is 0 Å². The number of hydrogen-bond donors (Lipinski definition) is 0. The molecule has 0 bridgehead atoms. The second kappa shape index (κ2) is 8.60. The molecule has 1 aromatic rings. The quantitative estimate of drug-likeness (QED) is 0.678. The van der Waals surface area contributed by atoms with Crippen LogP contribution in [0.25, 0.3) is 0 Å². The molecular weight excluding hydrogens is 248 g/mol. The SMILES string of the molecule is CC(C)CC(C)N(C)CCCOc1cccc(C#N)c1. The molecule has 0 saturated carbocycles. The summed E-state index contributed by atoms with van der Waals surface area (Å²) >= 11 is 0. The molecule has 0 aliphatic heterocycles. The lowest BCUT2D eigenvalue weighted by Gasteiger charge is -2.26. The molecule has 0 aromatic heterocycles. The first kappa shape index (κ1) is 16.5. The third-order valence-corrected chi connectivity index (χ3v) is 3.45. The maximum Gasteiger partial charge on any atom is 0.120 e. The summed E-state index contributed by atoms with van der Waals surface area (Å²) < 4.78 is 5.68. The Morgan fingerprint density at radius 3 is 2.70 bits per heavy atom. The first-order valence-corrected chi connectivity index (χ1v) is 7.36.